The second-order valence-corrected chi connectivity index (χ2v) is 5.84. The Kier molecular flexibility index (Phi) is 8.28. The molecule has 1 aromatic carbocycles. The van der Waals surface area contributed by atoms with E-state index in [-0.39, 0.29) is 31.3 Å². The Bertz CT molecular complexity index is 727. The van der Waals surface area contributed by atoms with Crippen LogP contribution in [0.2, 0.25) is 0 Å². The second-order valence-electron chi connectivity index (χ2n) is 5.84. The lowest BCUT2D eigenvalue weighted by atomic mass is 10.1. The molecule has 0 radical (unpaired) electrons. The molecule has 0 aliphatic rings. The Morgan fingerprint density at radius 3 is 2.41 bits per heavy atom. The van der Waals surface area contributed by atoms with Gasteiger partial charge in [0.15, 0.2) is 0 Å². The van der Waals surface area contributed by atoms with Gasteiger partial charge in [-0.15, -0.1) is 10.2 Å². The molecule has 0 aliphatic carbocycles. The summed E-state index contributed by atoms with van der Waals surface area (Å²) >= 11 is 0. The number of hydrogen-bond acceptors (Lipinski definition) is 7. The van der Waals surface area contributed by atoms with Crippen LogP contribution in [0.15, 0.2) is 28.7 Å². The molecule has 2 rings (SSSR count). The van der Waals surface area contributed by atoms with E-state index in [0.717, 1.165) is 17.7 Å². The molecular weight excluding hydrogens is 350 g/mol. The van der Waals surface area contributed by atoms with Crippen LogP contribution >= 0.6 is 0 Å². The third-order valence-electron chi connectivity index (χ3n) is 3.82. The Morgan fingerprint density at radius 1 is 1.04 bits per heavy atom. The smallest absolute Gasteiger partial charge is 0.307 e. The molecule has 0 fully saturated rings. The quantitative estimate of drug-likeness (QED) is 0.598. The molecule has 146 valence electrons. The summed E-state index contributed by atoms with van der Waals surface area (Å²) in [5, 5.41) is 10.6. The van der Waals surface area contributed by atoms with Crippen molar-refractivity contribution >= 4 is 11.9 Å². The summed E-state index contributed by atoms with van der Waals surface area (Å²) in [6, 6.07) is 7.82. The predicted octanol–water partition coefficient (Wildman–Crippen LogP) is 1.87. The molecule has 27 heavy (non-hydrogen) atoms. The van der Waals surface area contributed by atoms with Gasteiger partial charge in [-0.2, -0.15) is 0 Å². The van der Waals surface area contributed by atoms with E-state index in [4.69, 9.17) is 13.9 Å². The summed E-state index contributed by atoms with van der Waals surface area (Å²) in [5.41, 5.74) is 1.15. The van der Waals surface area contributed by atoms with E-state index >= 15 is 0 Å². The van der Waals surface area contributed by atoms with E-state index in [1.165, 1.54) is 0 Å². The van der Waals surface area contributed by atoms with Crippen LogP contribution in [-0.2, 0) is 33.6 Å². The predicted molar refractivity (Wildman–Crippen MR) is 97.3 cm³/mol. The fourth-order valence-corrected chi connectivity index (χ4v) is 2.38. The summed E-state index contributed by atoms with van der Waals surface area (Å²) < 4.78 is 15.5. The third-order valence-corrected chi connectivity index (χ3v) is 3.82. The van der Waals surface area contributed by atoms with Crippen molar-refractivity contribution in [1.82, 2.24) is 15.5 Å². The first-order chi connectivity index (χ1) is 13.1. The van der Waals surface area contributed by atoms with Crippen LogP contribution in [0.25, 0.3) is 0 Å². The fourth-order valence-electron chi connectivity index (χ4n) is 2.38. The number of amides is 1. The Labute approximate surface area is 158 Å². The minimum atomic E-state index is -0.323. The molecule has 0 bridgehead atoms. The molecule has 2 aromatic rings. The summed E-state index contributed by atoms with van der Waals surface area (Å²) in [5.74, 6) is 1.30. The number of carbonyl (C=O) groups excluding carboxylic acids is 2. The van der Waals surface area contributed by atoms with E-state index in [2.05, 4.69) is 15.5 Å². The van der Waals surface area contributed by atoms with Crippen LogP contribution in [0.4, 0.5) is 0 Å². The largest absolute Gasteiger partial charge is 0.497 e. The van der Waals surface area contributed by atoms with Gasteiger partial charge < -0.3 is 19.2 Å². The van der Waals surface area contributed by atoms with Gasteiger partial charge >= 0.3 is 5.97 Å². The summed E-state index contributed by atoms with van der Waals surface area (Å²) in [7, 11) is 1.63. The molecule has 0 saturated heterocycles. The zero-order valence-electron chi connectivity index (χ0n) is 15.7. The van der Waals surface area contributed by atoms with E-state index in [1.807, 2.05) is 24.3 Å². The van der Waals surface area contributed by atoms with Crippen LogP contribution in [-0.4, -0.2) is 42.3 Å². The number of carbonyl (C=O) groups is 2. The van der Waals surface area contributed by atoms with Crippen molar-refractivity contribution in [2.24, 2.45) is 0 Å². The molecule has 8 nitrogen and oxygen atoms in total. The molecule has 1 aromatic heterocycles. The number of esters is 1. The van der Waals surface area contributed by atoms with Crippen LogP contribution in [0.5, 0.6) is 5.75 Å². The highest BCUT2D eigenvalue weighted by atomic mass is 16.5. The van der Waals surface area contributed by atoms with Gasteiger partial charge in [-0.05, 0) is 31.0 Å². The lowest BCUT2D eigenvalue weighted by Crippen LogP contribution is -2.26. The van der Waals surface area contributed by atoms with Gasteiger partial charge in [0.1, 0.15) is 5.75 Å². The van der Waals surface area contributed by atoms with Gasteiger partial charge in [-0.25, -0.2) is 0 Å². The van der Waals surface area contributed by atoms with Gasteiger partial charge in [0, 0.05) is 25.8 Å². The second kappa shape index (κ2) is 10.9. The molecule has 8 heteroatoms. The van der Waals surface area contributed by atoms with Crippen LogP contribution in [0.1, 0.15) is 37.1 Å². The van der Waals surface area contributed by atoms with Crippen LogP contribution in [0, 0.1) is 0 Å². The highest BCUT2D eigenvalue weighted by Gasteiger charge is 2.10. The first kappa shape index (κ1) is 20.4. The molecule has 1 heterocycles. The number of methoxy groups -OCH3 is 1. The number of ether oxygens (including phenoxy) is 2. The standard InChI is InChI=1S/C19H25N3O5/c1-3-26-19(24)12-13-20-16(23)9-11-18-22-21-17(27-18)10-6-14-4-7-15(25-2)8-5-14/h4-5,7-8H,3,6,9-13H2,1-2H3,(H,20,23). The maximum Gasteiger partial charge on any atom is 0.307 e. The Hall–Kier alpha value is -2.90. The minimum Gasteiger partial charge on any atom is -0.497 e. The minimum absolute atomic E-state index is 0.162. The van der Waals surface area contributed by atoms with E-state index < -0.39 is 0 Å². The van der Waals surface area contributed by atoms with Gasteiger partial charge in [0.05, 0.1) is 20.1 Å². The number of benzene rings is 1. The molecule has 0 atom stereocenters. The molecular formula is C19H25N3O5. The van der Waals surface area contributed by atoms with Crippen molar-refractivity contribution in [3.05, 3.63) is 41.6 Å². The number of nitrogens with one attached hydrogen (secondary N) is 1. The number of aromatic nitrogens is 2. The number of rotatable bonds is 11. The SMILES string of the molecule is CCOC(=O)CCNC(=O)CCc1nnc(CCc2ccc(OC)cc2)o1. The highest BCUT2D eigenvalue weighted by Crippen LogP contribution is 2.13. The molecule has 0 aliphatic heterocycles. The van der Waals surface area contributed by atoms with Gasteiger partial charge in [-0.1, -0.05) is 12.1 Å². The zero-order chi connectivity index (χ0) is 19.5. The van der Waals surface area contributed by atoms with Crippen LogP contribution < -0.4 is 10.1 Å². The monoisotopic (exact) mass is 375 g/mol. The summed E-state index contributed by atoms with van der Waals surface area (Å²) in [6.07, 6.45) is 2.16. The van der Waals surface area contributed by atoms with Crippen molar-refractivity contribution < 1.29 is 23.5 Å². The number of aryl methyl sites for hydroxylation is 3. The van der Waals surface area contributed by atoms with E-state index in [1.54, 1.807) is 14.0 Å². The van der Waals surface area contributed by atoms with Crippen molar-refractivity contribution in [3.63, 3.8) is 0 Å². The lowest BCUT2D eigenvalue weighted by Gasteiger charge is -2.04. The fraction of sp³-hybridized carbons (Fsp3) is 0.474. The molecule has 0 saturated carbocycles. The van der Waals surface area contributed by atoms with Gasteiger partial charge in [0.25, 0.3) is 0 Å². The normalized spacial score (nSPS) is 10.4. The van der Waals surface area contributed by atoms with Crippen molar-refractivity contribution in [1.29, 1.82) is 0 Å². The lowest BCUT2D eigenvalue weighted by molar-refractivity contribution is -0.143. The van der Waals surface area contributed by atoms with Crippen molar-refractivity contribution in [2.75, 3.05) is 20.3 Å². The van der Waals surface area contributed by atoms with Crippen LogP contribution in [0.3, 0.4) is 0 Å². The first-order valence-corrected chi connectivity index (χ1v) is 8.97. The zero-order valence-corrected chi connectivity index (χ0v) is 15.7. The Morgan fingerprint density at radius 2 is 1.74 bits per heavy atom. The molecule has 0 spiro atoms. The maximum atomic E-state index is 11.8. The molecule has 0 unspecified atom stereocenters. The highest BCUT2D eigenvalue weighted by molar-refractivity contribution is 5.77. The third kappa shape index (κ3) is 7.47. The van der Waals surface area contributed by atoms with E-state index in [0.29, 0.717) is 31.2 Å². The summed E-state index contributed by atoms with van der Waals surface area (Å²) in [6.45, 7) is 2.34. The molecule has 1 N–H and O–H groups in total. The average molecular weight is 375 g/mol. The van der Waals surface area contributed by atoms with E-state index in [9.17, 15) is 9.59 Å². The van der Waals surface area contributed by atoms with Gasteiger partial charge in [0.2, 0.25) is 17.7 Å². The summed E-state index contributed by atoms with van der Waals surface area (Å²) in [4.78, 5) is 23.0. The average Bonchev–Trinajstić information content (AvgIpc) is 3.13. The van der Waals surface area contributed by atoms with Crippen molar-refractivity contribution in [2.45, 2.75) is 39.0 Å². The Balaban J connectivity index is 1.67. The van der Waals surface area contributed by atoms with Crippen molar-refractivity contribution in [3.8, 4) is 5.75 Å². The number of nitrogens with zero attached hydrogens (tertiary/aromatic N) is 2. The van der Waals surface area contributed by atoms with Gasteiger partial charge in [-0.3, -0.25) is 9.59 Å². The molecule has 1 amide bonds. The first-order valence-electron chi connectivity index (χ1n) is 8.97. The maximum absolute atomic E-state index is 11.8. The topological polar surface area (TPSA) is 104 Å². The number of hydrogen-bond donors (Lipinski definition) is 1.